The van der Waals surface area contributed by atoms with Gasteiger partial charge in [-0.25, -0.2) is 0 Å². The van der Waals surface area contributed by atoms with Crippen LogP contribution in [0.3, 0.4) is 0 Å². The summed E-state index contributed by atoms with van der Waals surface area (Å²) in [6.45, 7) is 8.32. The molecular formula is C14H26Cl2O4. The summed E-state index contributed by atoms with van der Waals surface area (Å²) in [7, 11) is 0. The minimum atomic E-state index is -0.454. The van der Waals surface area contributed by atoms with Crippen LogP contribution in [0.2, 0.25) is 0 Å². The molecular weight excluding hydrogens is 303 g/mol. The first-order valence-corrected chi connectivity index (χ1v) is 7.93. The molecule has 0 aromatic carbocycles. The van der Waals surface area contributed by atoms with Gasteiger partial charge in [-0.1, -0.05) is 26.7 Å². The fraction of sp³-hybridized carbons (Fsp3) is 0.857. The summed E-state index contributed by atoms with van der Waals surface area (Å²) in [6, 6.07) is 0. The monoisotopic (exact) mass is 328 g/mol. The SMILES string of the molecule is CCCC(Cl)C(=O)OCC.CCCC(Cl)C(=O)OCC. The Morgan fingerprint density at radius 3 is 1.30 bits per heavy atom. The third kappa shape index (κ3) is 12.5. The van der Waals surface area contributed by atoms with E-state index in [1.165, 1.54) is 0 Å². The molecule has 6 heteroatoms. The van der Waals surface area contributed by atoms with Crippen LogP contribution in [0.15, 0.2) is 0 Å². The van der Waals surface area contributed by atoms with Crippen molar-refractivity contribution in [2.24, 2.45) is 0 Å². The third-order valence-corrected chi connectivity index (χ3v) is 2.96. The number of halogens is 2. The molecule has 2 atom stereocenters. The fourth-order valence-corrected chi connectivity index (χ4v) is 1.77. The molecule has 0 amide bonds. The van der Waals surface area contributed by atoms with Crippen LogP contribution in [0.4, 0.5) is 0 Å². The zero-order valence-corrected chi connectivity index (χ0v) is 14.3. The van der Waals surface area contributed by atoms with Crippen LogP contribution in [0, 0.1) is 0 Å². The predicted molar refractivity (Wildman–Crippen MR) is 82.4 cm³/mol. The van der Waals surface area contributed by atoms with E-state index in [1.807, 2.05) is 13.8 Å². The normalized spacial score (nSPS) is 12.7. The topological polar surface area (TPSA) is 52.6 Å². The van der Waals surface area contributed by atoms with Crippen molar-refractivity contribution in [3.63, 3.8) is 0 Å². The summed E-state index contributed by atoms with van der Waals surface area (Å²) in [5, 5.41) is -0.908. The van der Waals surface area contributed by atoms with Gasteiger partial charge in [-0.15, -0.1) is 23.2 Å². The van der Waals surface area contributed by atoms with Crippen LogP contribution in [-0.4, -0.2) is 35.9 Å². The number of esters is 2. The molecule has 0 aliphatic rings. The molecule has 0 rings (SSSR count). The lowest BCUT2D eigenvalue weighted by molar-refractivity contribution is -0.143. The first kappa shape index (κ1) is 21.8. The third-order valence-electron chi connectivity index (χ3n) is 2.17. The van der Waals surface area contributed by atoms with Gasteiger partial charge in [0.05, 0.1) is 13.2 Å². The second-order valence-electron chi connectivity index (χ2n) is 4.02. The van der Waals surface area contributed by atoms with Gasteiger partial charge in [0.1, 0.15) is 10.8 Å². The van der Waals surface area contributed by atoms with Crippen LogP contribution < -0.4 is 0 Å². The summed E-state index contributed by atoms with van der Waals surface area (Å²) >= 11 is 11.3. The lowest BCUT2D eigenvalue weighted by atomic mass is 10.2. The van der Waals surface area contributed by atoms with Gasteiger partial charge in [-0.05, 0) is 26.7 Å². The summed E-state index contributed by atoms with van der Waals surface area (Å²) in [4.78, 5) is 21.6. The van der Waals surface area contributed by atoms with Gasteiger partial charge < -0.3 is 9.47 Å². The van der Waals surface area contributed by atoms with E-state index in [0.717, 1.165) is 12.8 Å². The summed E-state index contributed by atoms with van der Waals surface area (Å²) < 4.78 is 9.37. The highest BCUT2D eigenvalue weighted by molar-refractivity contribution is 6.30. The summed E-state index contributed by atoms with van der Waals surface area (Å²) in [5.74, 6) is -0.600. The molecule has 0 heterocycles. The maximum Gasteiger partial charge on any atom is 0.324 e. The van der Waals surface area contributed by atoms with Crippen LogP contribution in [0.5, 0.6) is 0 Å². The van der Waals surface area contributed by atoms with Gasteiger partial charge in [0.2, 0.25) is 0 Å². The van der Waals surface area contributed by atoms with E-state index in [4.69, 9.17) is 23.2 Å². The molecule has 0 radical (unpaired) electrons. The van der Waals surface area contributed by atoms with Crippen LogP contribution in [0.1, 0.15) is 53.4 Å². The highest BCUT2D eigenvalue weighted by atomic mass is 35.5. The highest BCUT2D eigenvalue weighted by Gasteiger charge is 2.14. The molecule has 0 N–H and O–H groups in total. The van der Waals surface area contributed by atoms with Crippen molar-refractivity contribution < 1.29 is 19.1 Å². The average Bonchev–Trinajstić information content (AvgIpc) is 2.40. The Balaban J connectivity index is 0. The Morgan fingerprint density at radius 2 is 1.10 bits per heavy atom. The van der Waals surface area contributed by atoms with Crippen molar-refractivity contribution in [2.45, 2.75) is 64.1 Å². The Bertz CT molecular complexity index is 234. The number of carbonyl (C=O) groups is 2. The van der Waals surface area contributed by atoms with Gasteiger partial charge in [-0.2, -0.15) is 0 Å². The first-order chi connectivity index (χ1) is 9.44. The van der Waals surface area contributed by atoms with Crippen molar-refractivity contribution >= 4 is 35.1 Å². The van der Waals surface area contributed by atoms with Crippen molar-refractivity contribution in [3.8, 4) is 0 Å². The van der Waals surface area contributed by atoms with Crippen molar-refractivity contribution in [2.75, 3.05) is 13.2 Å². The zero-order valence-electron chi connectivity index (χ0n) is 12.8. The van der Waals surface area contributed by atoms with Crippen LogP contribution >= 0.6 is 23.2 Å². The number of hydrogen-bond donors (Lipinski definition) is 0. The van der Waals surface area contributed by atoms with Gasteiger partial charge in [0, 0.05) is 0 Å². The Morgan fingerprint density at radius 1 is 0.800 bits per heavy atom. The molecule has 0 saturated heterocycles. The largest absolute Gasteiger partial charge is 0.465 e. The van der Waals surface area contributed by atoms with E-state index in [1.54, 1.807) is 13.8 Å². The molecule has 0 aliphatic carbocycles. The van der Waals surface area contributed by atoms with E-state index >= 15 is 0 Å². The second-order valence-corrected chi connectivity index (χ2v) is 5.07. The number of hydrogen-bond acceptors (Lipinski definition) is 4. The number of carbonyl (C=O) groups excluding carboxylic acids is 2. The quantitative estimate of drug-likeness (QED) is 0.500. The zero-order chi connectivity index (χ0) is 16.0. The summed E-state index contributed by atoms with van der Waals surface area (Å²) in [6.07, 6.45) is 3.21. The number of alkyl halides is 2. The highest BCUT2D eigenvalue weighted by Crippen LogP contribution is 2.07. The van der Waals surface area contributed by atoms with Gasteiger partial charge >= 0.3 is 11.9 Å². The molecule has 2 unspecified atom stereocenters. The molecule has 0 fully saturated rings. The second kappa shape index (κ2) is 14.9. The van der Waals surface area contributed by atoms with E-state index < -0.39 is 10.8 Å². The molecule has 4 nitrogen and oxygen atoms in total. The molecule has 0 aromatic heterocycles. The summed E-state index contributed by atoms with van der Waals surface area (Å²) in [5.41, 5.74) is 0. The standard InChI is InChI=1S/2C7H13ClO2/c2*1-3-5-6(8)7(9)10-4-2/h2*6H,3-5H2,1-2H3. The Hall–Kier alpha value is -0.480. The maximum atomic E-state index is 10.8. The minimum Gasteiger partial charge on any atom is -0.465 e. The van der Waals surface area contributed by atoms with E-state index in [-0.39, 0.29) is 11.9 Å². The molecule has 0 saturated carbocycles. The Labute approximate surface area is 132 Å². The van der Waals surface area contributed by atoms with E-state index in [2.05, 4.69) is 9.47 Å². The van der Waals surface area contributed by atoms with E-state index in [9.17, 15) is 9.59 Å². The van der Waals surface area contributed by atoms with Crippen LogP contribution in [-0.2, 0) is 19.1 Å². The molecule has 0 aliphatic heterocycles. The smallest absolute Gasteiger partial charge is 0.324 e. The lowest BCUT2D eigenvalue weighted by Gasteiger charge is -2.05. The molecule has 0 aromatic rings. The minimum absolute atomic E-state index is 0.300. The number of rotatable bonds is 8. The van der Waals surface area contributed by atoms with Gasteiger partial charge in [-0.3, -0.25) is 9.59 Å². The predicted octanol–water partition coefficient (Wildman–Crippen LogP) is 3.91. The van der Waals surface area contributed by atoms with Crippen molar-refractivity contribution in [3.05, 3.63) is 0 Å². The van der Waals surface area contributed by atoms with Gasteiger partial charge in [0.25, 0.3) is 0 Å². The number of ether oxygens (including phenoxy) is 2. The van der Waals surface area contributed by atoms with Gasteiger partial charge in [0.15, 0.2) is 0 Å². The van der Waals surface area contributed by atoms with Crippen molar-refractivity contribution in [1.29, 1.82) is 0 Å². The average molecular weight is 329 g/mol. The first-order valence-electron chi connectivity index (χ1n) is 7.05. The molecule has 20 heavy (non-hydrogen) atoms. The lowest BCUT2D eigenvalue weighted by Crippen LogP contribution is -2.17. The maximum absolute atomic E-state index is 10.8. The molecule has 120 valence electrons. The van der Waals surface area contributed by atoms with Crippen molar-refractivity contribution in [1.82, 2.24) is 0 Å². The van der Waals surface area contributed by atoms with Crippen LogP contribution in [0.25, 0.3) is 0 Å². The Kier molecular flexibility index (Phi) is 16.3. The molecule has 0 spiro atoms. The fourth-order valence-electron chi connectivity index (χ4n) is 1.21. The van der Waals surface area contributed by atoms with E-state index in [0.29, 0.717) is 26.1 Å². The molecule has 0 bridgehead atoms.